The molecule has 0 aliphatic carbocycles. The second-order valence-electron chi connectivity index (χ2n) is 2.75. The molecule has 0 aliphatic heterocycles. The van der Waals surface area contributed by atoms with Crippen LogP contribution in [0.1, 0.15) is 0 Å². The van der Waals surface area contributed by atoms with Gasteiger partial charge in [-0.1, -0.05) is 11.6 Å². The van der Waals surface area contributed by atoms with Crippen LogP contribution in [0.25, 0.3) is 0 Å². The largest absolute Gasteiger partial charge is 0.476 e. The van der Waals surface area contributed by atoms with E-state index < -0.39 is 11.7 Å². The van der Waals surface area contributed by atoms with Crippen LogP contribution in [0.5, 0.6) is 5.75 Å². The van der Waals surface area contributed by atoms with Gasteiger partial charge in [0.25, 0.3) is 0 Å². The predicted octanol–water partition coefficient (Wildman–Crippen LogP) is 0.394. The molecule has 1 rings (SSSR count). The molecule has 86 valence electrons. The Morgan fingerprint density at radius 1 is 1.38 bits per heavy atom. The highest BCUT2D eigenvalue weighted by Gasteiger charge is 2.11. The molecule has 0 heterocycles. The molecule has 0 saturated carbocycles. The molecule has 0 spiro atoms. The molecule has 7 heteroatoms. The summed E-state index contributed by atoms with van der Waals surface area (Å²) in [6, 6.07) is 6.27. The summed E-state index contributed by atoms with van der Waals surface area (Å²) in [5, 5.41) is 9.16. The fourth-order valence-corrected chi connectivity index (χ4v) is 1.01. The average Bonchev–Trinajstić information content (AvgIpc) is 2.27. The van der Waals surface area contributed by atoms with Crippen LogP contribution >= 0.6 is 11.6 Å². The van der Waals surface area contributed by atoms with Crippen LogP contribution in [0.3, 0.4) is 0 Å². The zero-order chi connectivity index (χ0) is 12.1. The van der Waals surface area contributed by atoms with E-state index in [4.69, 9.17) is 33.0 Å². The van der Waals surface area contributed by atoms with Crippen molar-refractivity contribution in [1.29, 1.82) is 0 Å². The Morgan fingerprint density at radius 2 is 1.94 bits per heavy atom. The van der Waals surface area contributed by atoms with Crippen molar-refractivity contribution < 1.29 is 14.6 Å². The first kappa shape index (κ1) is 12.2. The van der Waals surface area contributed by atoms with Crippen LogP contribution in [0.4, 0.5) is 0 Å². The van der Waals surface area contributed by atoms with Crippen molar-refractivity contribution in [2.75, 3.05) is 0 Å². The highest BCUT2D eigenvalue weighted by molar-refractivity contribution is 6.30. The summed E-state index contributed by atoms with van der Waals surface area (Å²) in [5.41, 5.74) is 6.78. The van der Waals surface area contributed by atoms with Crippen molar-refractivity contribution in [3.05, 3.63) is 40.9 Å². The minimum Gasteiger partial charge on any atom is -0.476 e. The van der Waals surface area contributed by atoms with Crippen LogP contribution < -0.4 is 21.7 Å². The quantitative estimate of drug-likeness (QED) is 0.264. The number of hydrogen-bond donors (Lipinski definition) is 4. The van der Waals surface area contributed by atoms with Crippen LogP contribution in [0, 0.1) is 0 Å². The molecule has 16 heavy (non-hydrogen) atoms. The van der Waals surface area contributed by atoms with E-state index in [2.05, 4.69) is 5.43 Å². The lowest BCUT2D eigenvalue weighted by Gasteiger charge is -2.10. The fraction of sp³-hybridized carbons (Fsp3) is 0. The molecule has 6 nitrogen and oxygen atoms in total. The van der Waals surface area contributed by atoms with Crippen molar-refractivity contribution in [1.82, 2.24) is 5.43 Å². The number of aliphatic carboxylic acids is 1. The van der Waals surface area contributed by atoms with Crippen molar-refractivity contribution in [2.24, 2.45) is 11.6 Å². The third kappa shape index (κ3) is 3.04. The van der Waals surface area contributed by atoms with E-state index in [0.29, 0.717) is 10.8 Å². The number of hydrazine groups is 1. The minimum absolute atomic E-state index is 0.241. The van der Waals surface area contributed by atoms with E-state index in [9.17, 15) is 4.79 Å². The minimum atomic E-state index is -1.33. The number of carboxylic acid groups (broad SMARTS) is 1. The second-order valence-corrected chi connectivity index (χ2v) is 3.18. The first-order valence-electron chi connectivity index (χ1n) is 4.17. The van der Waals surface area contributed by atoms with Crippen molar-refractivity contribution in [2.45, 2.75) is 0 Å². The molecule has 0 radical (unpaired) electrons. The number of hydrogen-bond acceptors (Lipinski definition) is 5. The van der Waals surface area contributed by atoms with Crippen molar-refractivity contribution >= 4 is 17.6 Å². The number of carbonyl (C=O) groups is 1. The van der Waals surface area contributed by atoms with E-state index in [1.807, 2.05) is 0 Å². The topological polar surface area (TPSA) is 111 Å². The van der Waals surface area contributed by atoms with Gasteiger partial charge in [0.2, 0.25) is 5.88 Å². The molecule has 0 saturated heterocycles. The first-order valence-corrected chi connectivity index (χ1v) is 4.55. The Hall–Kier alpha value is -1.92. The summed E-state index contributed by atoms with van der Waals surface area (Å²) in [5.74, 6) is 3.88. The van der Waals surface area contributed by atoms with Crippen LogP contribution in [0.15, 0.2) is 35.8 Å². The maximum Gasteiger partial charge on any atom is 0.357 e. The SMILES string of the molecule is NN/C(Oc1ccc(Cl)cc1)=C(\N)C(=O)O. The van der Waals surface area contributed by atoms with E-state index in [-0.39, 0.29) is 5.88 Å². The van der Waals surface area contributed by atoms with Gasteiger partial charge in [-0.3, -0.25) is 5.43 Å². The van der Waals surface area contributed by atoms with Crippen molar-refractivity contribution in [3.8, 4) is 5.75 Å². The Morgan fingerprint density at radius 3 is 2.38 bits per heavy atom. The number of ether oxygens (including phenoxy) is 1. The van der Waals surface area contributed by atoms with Crippen LogP contribution in [-0.4, -0.2) is 11.1 Å². The van der Waals surface area contributed by atoms with Crippen molar-refractivity contribution in [3.63, 3.8) is 0 Å². The molecule has 0 amide bonds. The van der Waals surface area contributed by atoms with Gasteiger partial charge in [-0.05, 0) is 24.3 Å². The zero-order valence-corrected chi connectivity index (χ0v) is 8.86. The molecule has 0 aliphatic rings. The molecule has 0 bridgehead atoms. The molecule has 0 aromatic heterocycles. The van der Waals surface area contributed by atoms with Gasteiger partial charge in [-0.2, -0.15) is 0 Å². The molecule has 6 N–H and O–H groups in total. The Labute approximate surface area is 96.4 Å². The molecular formula is C9H10ClN3O3. The summed E-state index contributed by atoms with van der Waals surface area (Å²) in [7, 11) is 0. The van der Waals surface area contributed by atoms with E-state index >= 15 is 0 Å². The molecular weight excluding hydrogens is 234 g/mol. The van der Waals surface area contributed by atoms with E-state index in [0.717, 1.165) is 0 Å². The monoisotopic (exact) mass is 243 g/mol. The highest BCUT2D eigenvalue weighted by atomic mass is 35.5. The van der Waals surface area contributed by atoms with Gasteiger partial charge in [0.15, 0.2) is 5.70 Å². The average molecular weight is 244 g/mol. The fourth-order valence-electron chi connectivity index (χ4n) is 0.880. The highest BCUT2D eigenvalue weighted by Crippen LogP contribution is 2.17. The Balaban J connectivity index is 2.90. The van der Waals surface area contributed by atoms with Gasteiger partial charge in [0.1, 0.15) is 5.75 Å². The Bertz CT molecular complexity index is 417. The van der Waals surface area contributed by atoms with Gasteiger partial charge in [0, 0.05) is 5.02 Å². The number of benzene rings is 1. The summed E-state index contributed by atoms with van der Waals surface area (Å²) < 4.78 is 5.12. The standard InChI is InChI=1S/C9H10ClN3O3/c10-5-1-3-6(4-2-5)16-8(13-12)7(11)9(14)15/h1-4,13H,11-12H2,(H,14,15)/b8-7+. The zero-order valence-electron chi connectivity index (χ0n) is 8.11. The number of rotatable bonds is 4. The second kappa shape index (κ2) is 5.24. The summed E-state index contributed by atoms with van der Waals surface area (Å²) >= 11 is 5.67. The van der Waals surface area contributed by atoms with Gasteiger partial charge in [0.05, 0.1) is 0 Å². The normalized spacial score (nSPS) is 11.6. The number of halogens is 1. The Kier molecular flexibility index (Phi) is 3.98. The predicted molar refractivity (Wildman–Crippen MR) is 58.3 cm³/mol. The van der Waals surface area contributed by atoms with E-state index in [1.165, 1.54) is 0 Å². The molecule has 0 fully saturated rings. The molecule has 1 aromatic carbocycles. The van der Waals surface area contributed by atoms with Gasteiger partial charge < -0.3 is 15.6 Å². The molecule has 1 aromatic rings. The maximum atomic E-state index is 10.6. The van der Waals surface area contributed by atoms with Gasteiger partial charge >= 0.3 is 5.97 Å². The summed E-state index contributed by atoms with van der Waals surface area (Å²) in [6.45, 7) is 0. The summed E-state index contributed by atoms with van der Waals surface area (Å²) in [4.78, 5) is 10.6. The third-order valence-electron chi connectivity index (χ3n) is 1.64. The molecule has 0 atom stereocenters. The maximum absolute atomic E-state index is 10.6. The lowest BCUT2D eigenvalue weighted by molar-refractivity contribution is -0.132. The van der Waals surface area contributed by atoms with E-state index in [1.54, 1.807) is 24.3 Å². The lowest BCUT2D eigenvalue weighted by Crippen LogP contribution is -2.31. The van der Waals surface area contributed by atoms with Gasteiger partial charge in [-0.25, -0.2) is 10.6 Å². The molecule has 0 unspecified atom stereocenters. The third-order valence-corrected chi connectivity index (χ3v) is 1.89. The number of carboxylic acids is 1. The van der Waals surface area contributed by atoms with Crippen LogP contribution in [0.2, 0.25) is 5.02 Å². The number of nitrogens with two attached hydrogens (primary N) is 2. The summed E-state index contributed by atoms with van der Waals surface area (Å²) in [6.07, 6.45) is 0. The van der Waals surface area contributed by atoms with Gasteiger partial charge in [-0.15, -0.1) is 0 Å². The van der Waals surface area contributed by atoms with Crippen LogP contribution in [-0.2, 0) is 4.79 Å². The number of nitrogens with one attached hydrogen (secondary N) is 1. The lowest BCUT2D eigenvalue weighted by atomic mass is 10.3. The first-order chi connectivity index (χ1) is 7.54. The smallest absolute Gasteiger partial charge is 0.357 e.